The highest BCUT2D eigenvalue weighted by molar-refractivity contribution is 8.01. The summed E-state index contributed by atoms with van der Waals surface area (Å²) in [4.78, 5) is 24.2. The lowest BCUT2D eigenvalue weighted by molar-refractivity contribution is -0.118. The molecule has 28 heavy (non-hydrogen) atoms. The minimum absolute atomic E-state index is 0.0542. The van der Waals surface area contributed by atoms with Crippen molar-refractivity contribution in [3.63, 3.8) is 0 Å². The van der Waals surface area contributed by atoms with Crippen LogP contribution in [0.4, 0.5) is 5.13 Å². The molecule has 0 spiro atoms. The molecule has 0 saturated carbocycles. The normalized spacial score (nSPS) is 10.5. The number of amides is 2. The van der Waals surface area contributed by atoms with E-state index < -0.39 is 0 Å². The van der Waals surface area contributed by atoms with Crippen molar-refractivity contribution in [2.75, 3.05) is 17.6 Å². The van der Waals surface area contributed by atoms with Gasteiger partial charge in [-0.25, -0.2) is 0 Å². The van der Waals surface area contributed by atoms with E-state index in [0.717, 1.165) is 12.0 Å². The second kappa shape index (κ2) is 10.0. The molecule has 0 saturated heterocycles. The van der Waals surface area contributed by atoms with Gasteiger partial charge < -0.3 is 5.32 Å². The zero-order valence-electron chi connectivity index (χ0n) is 15.3. The number of carbonyl (C=O) groups is 2. The van der Waals surface area contributed by atoms with Crippen LogP contribution in [0.2, 0.25) is 0 Å². The molecule has 1 aromatic heterocycles. The Morgan fingerprint density at radius 3 is 2.68 bits per heavy atom. The molecule has 144 valence electrons. The van der Waals surface area contributed by atoms with Gasteiger partial charge in [-0.1, -0.05) is 71.1 Å². The predicted molar refractivity (Wildman–Crippen MR) is 113 cm³/mol. The van der Waals surface area contributed by atoms with Crippen LogP contribution < -0.4 is 10.6 Å². The maximum absolute atomic E-state index is 12.2. The van der Waals surface area contributed by atoms with Gasteiger partial charge in [0.25, 0.3) is 5.91 Å². The standard InChI is InChI=1S/C20H20N4O2S2/c1-14-6-5-9-16(12-14)18(26)22-19-23-24-20(28-19)27-13-17(25)21-11-10-15-7-3-2-4-8-15/h2-9,12H,10-11,13H2,1H3,(H,21,25)(H,22,23,26). The van der Waals surface area contributed by atoms with Crippen molar-refractivity contribution in [1.82, 2.24) is 15.5 Å². The number of anilines is 1. The smallest absolute Gasteiger partial charge is 0.257 e. The molecule has 0 unspecified atom stereocenters. The van der Waals surface area contributed by atoms with Gasteiger partial charge in [0.2, 0.25) is 11.0 Å². The van der Waals surface area contributed by atoms with E-state index in [-0.39, 0.29) is 17.6 Å². The van der Waals surface area contributed by atoms with Gasteiger partial charge in [0.15, 0.2) is 4.34 Å². The van der Waals surface area contributed by atoms with E-state index in [1.807, 2.05) is 55.5 Å². The molecule has 0 aliphatic rings. The Bertz CT molecular complexity index is 944. The van der Waals surface area contributed by atoms with Gasteiger partial charge in [-0.15, -0.1) is 10.2 Å². The number of benzene rings is 2. The number of nitrogens with one attached hydrogen (secondary N) is 2. The van der Waals surface area contributed by atoms with Crippen LogP contribution in [0, 0.1) is 6.92 Å². The van der Waals surface area contributed by atoms with Crippen LogP contribution in [0.15, 0.2) is 58.9 Å². The van der Waals surface area contributed by atoms with E-state index in [1.165, 1.54) is 28.7 Å². The minimum Gasteiger partial charge on any atom is -0.355 e. The Labute approximate surface area is 171 Å². The monoisotopic (exact) mass is 412 g/mol. The molecule has 2 aromatic carbocycles. The van der Waals surface area contributed by atoms with Crippen molar-refractivity contribution in [3.05, 3.63) is 71.3 Å². The highest BCUT2D eigenvalue weighted by Crippen LogP contribution is 2.25. The van der Waals surface area contributed by atoms with Crippen molar-refractivity contribution >= 4 is 40.0 Å². The summed E-state index contributed by atoms with van der Waals surface area (Å²) < 4.78 is 0.637. The van der Waals surface area contributed by atoms with E-state index in [1.54, 1.807) is 6.07 Å². The SMILES string of the molecule is Cc1cccc(C(=O)Nc2nnc(SCC(=O)NCCc3ccccc3)s2)c1. The number of thioether (sulfide) groups is 1. The van der Waals surface area contributed by atoms with Crippen LogP contribution in [-0.4, -0.2) is 34.3 Å². The number of aromatic nitrogens is 2. The second-order valence-electron chi connectivity index (χ2n) is 6.07. The lowest BCUT2D eigenvalue weighted by Gasteiger charge is -2.04. The molecule has 3 rings (SSSR count). The number of nitrogens with zero attached hydrogens (tertiary/aromatic N) is 2. The van der Waals surface area contributed by atoms with Crippen molar-refractivity contribution in [2.24, 2.45) is 0 Å². The molecule has 0 aliphatic heterocycles. The first kappa shape index (κ1) is 20.0. The van der Waals surface area contributed by atoms with E-state index in [2.05, 4.69) is 20.8 Å². The molecular formula is C20H20N4O2S2. The molecule has 1 heterocycles. The topological polar surface area (TPSA) is 84.0 Å². The summed E-state index contributed by atoms with van der Waals surface area (Å²) in [6, 6.07) is 17.3. The average Bonchev–Trinajstić information content (AvgIpc) is 3.14. The van der Waals surface area contributed by atoms with Crippen LogP contribution in [0.3, 0.4) is 0 Å². The Morgan fingerprint density at radius 2 is 1.89 bits per heavy atom. The molecule has 2 N–H and O–H groups in total. The first-order valence-corrected chi connectivity index (χ1v) is 10.6. The largest absolute Gasteiger partial charge is 0.355 e. The lowest BCUT2D eigenvalue weighted by atomic mass is 10.1. The molecular weight excluding hydrogens is 392 g/mol. The third-order valence-corrected chi connectivity index (χ3v) is 5.78. The quantitative estimate of drug-likeness (QED) is 0.437. The van der Waals surface area contributed by atoms with E-state index in [4.69, 9.17) is 0 Å². The summed E-state index contributed by atoms with van der Waals surface area (Å²) >= 11 is 2.55. The molecule has 0 bridgehead atoms. The first-order chi connectivity index (χ1) is 13.6. The average molecular weight is 413 g/mol. The summed E-state index contributed by atoms with van der Waals surface area (Å²) in [5, 5.41) is 14.0. The van der Waals surface area contributed by atoms with Crippen LogP contribution in [-0.2, 0) is 11.2 Å². The Hall–Kier alpha value is -2.71. The van der Waals surface area contributed by atoms with Gasteiger partial charge in [-0.05, 0) is 31.0 Å². The van der Waals surface area contributed by atoms with Crippen molar-refractivity contribution in [3.8, 4) is 0 Å². The van der Waals surface area contributed by atoms with Crippen LogP contribution >= 0.6 is 23.1 Å². The van der Waals surface area contributed by atoms with Gasteiger partial charge in [-0.3, -0.25) is 14.9 Å². The van der Waals surface area contributed by atoms with Crippen LogP contribution in [0.1, 0.15) is 21.5 Å². The number of rotatable bonds is 8. The minimum atomic E-state index is -0.227. The highest BCUT2D eigenvalue weighted by atomic mass is 32.2. The van der Waals surface area contributed by atoms with Gasteiger partial charge in [-0.2, -0.15) is 0 Å². The fourth-order valence-electron chi connectivity index (χ4n) is 2.44. The number of carbonyl (C=O) groups excluding carboxylic acids is 2. The van der Waals surface area contributed by atoms with Gasteiger partial charge in [0.05, 0.1) is 5.75 Å². The van der Waals surface area contributed by atoms with Gasteiger partial charge >= 0.3 is 0 Å². The molecule has 0 atom stereocenters. The summed E-state index contributed by atoms with van der Waals surface area (Å²) in [6.07, 6.45) is 0.797. The second-order valence-corrected chi connectivity index (χ2v) is 8.27. The molecule has 0 fully saturated rings. The zero-order valence-corrected chi connectivity index (χ0v) is 17.0. The van der Waals surface area contributed by atoms with Crippen molar-refractivity contribution in [2.45, 2.75) is 17.7 Å². The fourth-order valence-corrected chi connectivity index (χ4v) is 4.02. The summed E-state index contributed by atoms with van der Waals surface area (Å²) in [6.45, 7) is 2.53. The molecule has 8 heteroatoms. The number of aryl methyl sites for hydroxylation is 1. The highest BCUT2D eigenvalue weighted by Gasteiger charge is 2.12. The van der Waals surface area contributed by atoms with E-state index in [0.29, 0.717) is 21.6 Å². The third-order valence-electron chi connectivity index (χ3n) is 3.81. The van der Waals surface area contributed by atoms with E-state index in [9.17, 15) is 9.59 Å². The number of hydrogen-bond donors (Lipinski definition) is 2. The third kappa shape index (κ3) is 6.17. The predicted octanol–water partition coefficient (Wildman–Crippen LogP) is 3.55. The van der Waals surface area contributed by atoms with E-state index >= 15 is 0 Å². The molecule has 3 aromatic rings. The van der Waals surface area contributed by atoms with Gasteiger partial charge in [0, 0.05) is 12.1 Å². The molecule has 0 aliphatic carbocycles. The molecule has 6 nitrogen and oxygen atoms in total. The lowest BCUT2D eigenvalue weighted by Crippen LogP contribution is -2.27. The Kier molecular flexibility index (Phi) is 7.16. The van der Waals surface area contributed by atoms with Crippen LogP contribution in [0.5, 0.6) is 0 Å². The fraction of sp³-hybridized carbons (Fsp3) is 0.200. The molecule has 0 radical (unpaired) electrons. The number of hydrogen-bond acceptors (Lipinski definition) is 6. The molecule has 2 amide bonds. The maximum atomic E-state index is 12.2. The Morgan fingerprint density at radius 1 is 1.07 bits per heavy atom. The zero-order chi connectivity index (χ0) is 19.8. The summed E-state index contributed by atoms with van der Waals surface area (Å²) in [5.41, 5.74) is 2.77. The maximum Gasteiger partial charge on any atom is 0.257 e. The van der Waals surface area contributed by atoms with Gasteiger partial charge in [0.1, 0.15) is 0 Å². The van der Waals surface area contributed by atoms with Crippen molar-refractivity contribution in [1.29, 1.82) is 0 Å². The summed E-state index contributed by atoms with van der Waals surface area (Å²) in [5.74, 6) is -0.0218. The van der Waals surface area contributed by atoms with Crippen LogP contribution in [0.25, 0.3) is 0 Å². The van der Waals surface area contributed by atoms with Crippen molar-refractivity contribution < 1.29 is 9.59 Å². The Balaban J connectivity index is 1.41. The summed E-state index contributed by atoms with van der Waals surface area (Å²) in [7, 11) is 0. The first-order valence-electron chi connectivity index (χ1n) is 8.75.